The Hall–Kier alpha value is -0.830. The van der Waals surface area contributed by atoms with Crippen molar-refractivity contribution in [1.29, 1.82) is 0 Å². The van der Waals surface area contributed by atoms with Crippen molar-refractivity contribution in [2.75, 3.05) is 0 Å². The number of aliphatic hydroxyl groups is 1. The predicted molar refractivity (Wildman–Crippen MR) is 64.0 cm³/mol. The van der Waals surface area contributed by atoms with Crippen LogP contribution < -0.4 is 0 Å². The zero-order valence-electron chi connectivity index (χ0n) is 10.3. The van der Waals surface area contributed by atoms with Gasteiger partial charge < -0.3 is 5.11 Å². The van der Waals surface area contributed by atoms with E-state index < -0.39 is 5.60 Å². The van der Waals surface area contributed by atoms with Crippen molar-refractivity contribution in [1.82, 2.24) is 9.78 Å². The van der Waals surface area contributed by atoms with E-state index in [1.165, 1.54) is 0 Å². The molecule has 2 atom stereocenters. The average molecular weight is 222 g/mol. The van der Waals surface area contributed by atoms with Crippen LogP contribution in [-0.2, 0) is 12.1 Å². The lowest BCUT2D eigenvalue weighted by molar-refractivity contribution is -0.0122. The van der Waals surface area contributed by atoms with E-state index in [0.29, 0.717) is 5.92 Å². The molecule has 0 saturated heterocycles. The van der Waals surface area contributed by atoms with Crippen LogP contribution in [0.5, 0.6) is 0 Å². The summed E-state index contributed by atoms with van der Waals surface area (Å²) < 4.78 is 1.98. The Morgan fingerprint density at radius 3 is 3.06 bits per heavy atom. The molecule has 3 nitrogen and oxygen atoms in total. The van der Waals surface area contributed by atoms with Crippen LogP contribution in [0.1, 0.15) is 51.6 Å². The fraction of sp³-hybridized carbons (Fsp3) is 0.769. The molecule has 0 aliphatic heterocycles. The van der Waals surface area contributed by atoms with Crippen LogP contribution in [-0.4, -0.2) is 14.9 Å². The van der Waals surface area contributed by atoms with Gasteiger partial charge in [-0.05, 0) is 37.7 Å². The van der Waals surface area contributed by atoms with Crippen molar-refractivity contribution in [3.05, 3.63) is 18.0 Å². The lowest BCUT2D eigenvalue weighted by atomic mass is 9.86. The first-order chi connectivity index (χ1) is 7.72. The van der Waals surface area contributed by atoms with Crippen molar-refractivity contribution >= 4 is 0 Å². The van der Waals surface area contributed by atoms with Gasteiger partial charge in [0.15, 0.2) is 0 Å². The number of aromatic nitrogens is 2. The zero-order chi connectivity index (χ0) is 11.6. The van der Waals surface area contributed by atoms with Crippen molar-refractivity contribution in [3.8, 4) is 0 Å². The van der Waals surface area contributed by atoms with Crippen LogP contribution in [0.15, 0.2) is 12.3 Å². The van der Waals surface area contributed by atoms with Gasteiger partial charge in [-0.2, -0.15) is 5.10 Å². The molecule has 1 aromatic rings. The van der Waals surface area contributed by atoms with E-state index in [0.717, 1.165) is 44.3 Å². The fourth-order valence-corrected chi connectivity index (χ4v) is 3.03. The first-order valence-corrected chi connectivity index (χ1v) is 6.47. The predicted octanol–water partition coefficient (Wildman–Crippen LogP) is 2.69. The number of nitrogens with zero attached hydrogens (tertiary/aromatic N) is 2. The molecule has 1 heterocycles. The molecule has 1 aromatic heterocycles. The third-order valence-corrected chi connectivity index (χ3v) is 3.87. The summed E-state index contributed by atoms with van der Waals surface area (Å²) in [6.45, 7) is 5.21. The molecule has 2 rings (SSSR count). The molecule has 3 heteroatoms. The summed E-state index contributed by atoms with van der Waals surface area (Å²) in [5, 5.41) is 15.2. The van der Waals surface area contributed by atoms with Gasteiger partial charge in [-0.25, -0.2) is 0 Å². The van der Waals surface area contributed by atoms with Gasteiger partial charge in [-0.3, -0.25) is 4.68 Å². The summed E-state index contributed by atoms with van der Waals surface area (Å²) >= 11 is 0. The molecule has 1 aliphatic rings. The van der Waals surface area contributed by atoms with Crippen LogP contribution >= 0.6 is 0 Å². The van der Waals surface area contributed by atoms with Gasteiger partial charge >= 0.3 is 0 Å². The smallest absolute Gasteiger partial charge is 0.109 e. The van der Waals surface area contributed by atoms with Crippen molar-refractivity contribution in [2.45, 2.75) is 58.1 Å². The second-order valence-corrected chi connectivity index (χ2v) is 4.86. The Morgan fingerprint density at radius 2 is 2.38 bits per heavy atom. The van der Waals surface area contributed by atoms with E-state index in [9.17, 15) is 5.11 Å². The van der Waals surface area contributed by atoms with Gasteiger partial charge in [0.25, 0.3) is 0 Å². The SMILES string of the molecule is CCCn1nccc1C1(O)CCCC1CC. The maximum absolute atomic E-state index is 10.9. The Balaban J connectivity index is 2.30. The molecule has 16 heavy (non-hydrogen) atoms. The highest BCUT2D eigenvalue weighted by atomic mass is 16.3. The number of hydrogen-bond donors (Lipinski definition) is 1. The molecule has 0 amide bonds. The summed E-state index contributed by atoms with van der Waals surface area (Å²) in [5.41, 5.74) is 0.402. The monoisotopic (exact) mass is 222 g/mol. The van der Waals surface area contributed by atoms with E-state index in [1.54, 1.807) is 0 Å². The maximum Gasteiger partial charge on any atom is 0.109 e. The quantitative estimate of drug-likeness (QED) is 0.850. The minimum Gasteiger partial charge on any atom is -0.383 e. The highest BCUT2D eigenvalue weighted by Gasteiger charge is 2.43. The minimum atomic E-state index is -0.625. The molecule has 0 aromatic carbocycles. The van der Waals surface area contributed by atoms with Gasteiger partial charge in [0.2, 0.25) is 0 Å². The third kappa shape index (κ3) is 1.77. The number of rotatable bonds is 4. The Morgan fingerprint density at radius 1 is 1.56 bits per heavy atom. The topological polar surface area (TPSA) is 38.0 Å². The molecule has 1 saturated carbocycles. The van der Waals surface area contributed by atoms with Crippen LogP contribution in [0.25, 0.3) is 0 Å². The molecule has 0 radical (unpaired) electrons. The first kappa shape index (κ1) is 11.6. The standard InChI is InChI=1S/C13H22N2O/c1-3-10-15-12(7-9-14-15)13(16)8-5-6-11(13)4-2/h7,9,11,16H,3-6,8,10H2,1-2H3. The number of hydrogen-bond acceptors (Lipinski definition) is 2. The second kappa shape index (κ2) is 4.58. The van der Waals surface area contributed by atoms with E-state index in [2.05, 4.69) is 18.9 Å². The van der Waals surface area contributed by atoms with Gasteiger partial charge in [-0.15, -0.1) is 0 Å². The average Bonchev–Trinajstić information content (AvgIpc) is 2.86. The van der Waals surface area contributed by atoms with Gasteiger partial charge in [-0.1, -0.05) is 20.3 Å². The van der Waals surface area contributed by atoms with Gasteiger partial charge in [0, 0.05) is 12.7 Å². The van der Waals surface area contributed by atoms with Crippen LogP contribution in [0.2, 0.25) is 0 Å². The van der Waals surface area contributed by atoms with E-state index in [4.69, 9.17) is 0 Å². The summed E-state index contributed by atoms with van der Waals surface area (Å²) in [6, 6.07) is 1.99. The third-order valence-electron chi connectivity index (χ3n) is 3.87. The second-order valence-electron chi connectivity index (χ2n) is 4.86. The molecule has 1 N–H and O–H groups in total. The van der Waals surface area contributed by atoms with E-state index >= 15 is 0 Å². The van der Waals surface area contributed by atoms with E-state index in [-0.39, 0.29) is 0 Å². The zero-order valence-corrected chi connectivity index (χ0v) is 10.3. The largest absolute Gasteiger partial charge is 0.383 e. The van der Waals surface area contributed by atoms with Crippen molar-refractivity contribution < 1.29 is 5.11 Å². The Kier molecular flexibility index (Phi) is 3.33. The summed E-state index contributed by atoms with van der Waals surface area (Å²) in [4.78, 5) is 0. The summed E-state index contributed by atoms with van der Waals surface area (Å²) in [5.74, 6) is 0.403. The van der Waals surface area contributed by atoms with Crippen molar-refractivity contribution in [2.24, 2.45) is 5.92 Å². The normalized spacial score (nSPS) is 29.8. The van der Waals surface area contributed by atoms with Crippen LogP contribution in [0.3, 0.4) is 0 Å². The highest BCUT2D eigenvalue weighted by Crippen LogP contribution is 2.44. The van der Waals surface area contributed by atoms with Gasteiger partial charge in [0.1, 0.15) is 5.60 Å². The molecular weight excluding hydrogens is 200 g/mol. The molecule has 1 fully saturated rings. The van der Waals surface area contributed by atoms with Crippen LogP contribution in [0, 0.1) is 5.92 Å². The lowest BCUT2D eigenvalue weighted by Gasteiger charge is -2.30. The summed E-state index contributed by atoms with van der Waals surface area (Å²) in [6.07, 6.45) is 7.08. The first-order valence-electron chi connectivity index (χ1n) is 6.47. The Labute approximate surface area is 97.5 Å². The summed E-state index contributed by atoms with van der Waals surface area (Å²) in [7, 11) is 0. The highest BCUT2D eigenvalue weighted by molar-refractivity contribution is 5.15. The molecule has 2 unspecified atom stereocenters. The Bertz CT molecular complexity index is 347. The maximum atomic E-state index is 10.9. The molecule has 90 valence electrons. The van der Waals surface area contributed by atoms with Gasteiger partial charge in [0.05, 0.1) is 5.69 Å². The number of aryl methyl sites for hydroxylation is 1. The molecular formula is C13H22N2O. The lowest BCUT2D eigenvalue weighted by Crippen LogP contribution is -2.32. The molecule has 0 spiro atoms. The fourth-order valence-electron chi connectivity index (χ4n) is 3.03. The van der Waals surface area contributed by atoms with Crippen molar-refractivity contribution in [3.63, 3.8) is 0 Å². The van der Waals surface area contributed by atoms with Crippen LogP contribution in [0.4, 0.5) is 0 Å². The molecule has 0 bridgehead atoms. The van der Waals surface area contributed by atoms with E-state index in [1.807, 2.05) is 16.9 Å². The minimum absolute atomic E-state index is 0.403. The molecule has 1 aliphatic carbocycles.